The first kappa shape index (κ1) is 17.5. The lowest BCUT2D eigenvalue weighted by molar-refractivity contribution is 0.0227. The van der Waals surface area contributed by atoms with Gasteiger partial charge in [-0.05, 0) is 55.0 Å². The van der Waals surface area contributed by atoms with Gasteiger partial charge in [-0.25, -0.2) is 0 Å². The van der Waals surface area contributed by atoms with E-state index in [1.807, 2.05) is 42.5 Å². The van der Waals surface area contributed by atoms with E-state index < -0.39 is 12.2 Å². The van der Waals surface area contributed by atoms with Gasteiger partial charge < -0.3 is 14.9 Å². The summed E-state index contributed by atoms with van der Waals surface area (Å²) < 4.78 is 5.84. The number of hydrogen-bond acceptors (Lipinski definition) is 3. The highest BCUT2D eigenvalue weighted by atomic mass is 16.5. The molecule has 3 heteroatoms. The number of aryl methyl sites for hydroxylation is 1. The Kier molecular flexibility index (Phi) is 6.20. The van der Waals surface area contributed by atoms with E-state index in [2.05, 4.69) is 19.9 Å². The zero-order valence-electron chi connectivity index (χ0n) is 14.1. The van der Waals surface area contributed by atoms with Crippen molar-refractivity contribution in [1.82, 2.24) is 0 Å². The maximum atomic E-state index is 9.84. The third kappa shape index (κ3) is 5.08. The number of aliphatic hydroxyl groups is 2. The fourth-order valence-corrected chi connectivity index (χ4v) is 2.72. The molecule has 0 fully saturated rings. The van der Waals surface area contributed by atoms with Gasteiger partial charge in [0.25, 0.3) is 0 Å². The first-order valence-corrected chi connectivity index (χ1v) is 8.10. The number of ether oxygens (including phenoxy) is 1. The van der Waals surface area contributed by atoms with Crippen LogP contribution in [0.5, 0.6) is 5.75 Å². The molecule has 2 aromatic carbocycles. The maximum Gasteiger partial charge on any atom is 0.120 e. The van der Waals surface area contributed by atoms with Crippen LogP contribution in [0.1, 0.15) is 42.9 Å². The molecule has 3 nitrogen and oxygen atoms in total. The van der Waals surface area contributed by atoms with Crippen LogP contribution >= 0.6 is 0 Å². The van der Waals surface area contributed by atoms with Crippen molar-refractivity contribution in [3.63, 3.8) is 0 Å². The lowest BCUT2D eigenvalue weighted by Gasteiger charge is -2.21. The zero-order valence-corrected chi connectivity index (χ0v) is 14.1. The molecule has 2 N–H and O–H groups in total. The highest BCUT2D eigenvalue weighted by Crippen LogP contribution is 2.28. The Morgan fingerprint density at radius 3 is 2.30 bits per heavy atom. The average molecular weight is 314 g/mol. The molecule has 0 aliphatic rings. The Labute approximate surface area is 138 Å². The van der Waals surface area contributed by atoms with E-state index in [0.717, 1.165) is 16.9 Å². The summed E-state index contributed by atoms with van der Waals surface area (Å²) in [6.07, 6.45) is -0.854. The second kappa shape index (κ2) is 8.14. The fourth-order valence-electron chi connectivity index (χ4n) is 2.72. The first-order chi connectivity index (χ1) is 11.0. The molecule has 0 bridgehead atoms. The van der Waals surface area contributed by atoms with Gasteiger partial charge in [0, 0.05) is 0 Å². The standard InChI is InChI=1S/C20H26O3/c1-14-11-18(23-13-17-7-5-4-6-8-17)9-10-19(14)15(2)12-20(22)16(3)21/h4-11,15-16,20-22H,12-13H2,1-3H3. The zero-order chi connectivity index (χ0) is 16.8. The van der Waals surface area contributed by atoms with E-state index in [1.54, 1.807) is 6.92 Å². The minimum atomic E-state index is -0.703. The van der Waals surface area contributed by atoms with E-state index in [-0.39, 0.29) is 5.92 Å². The summed E-state index contributed by atoms with van der Waals surface area (Å²) >= 11 is 0. The molecule has 0 aromatic heterocycles. The minimum absolute atomic E-state index is 0.183. The molecule has 124 valence electrons. The molecule has 0 aliphatic heterocycles. The van der Waals surface area contributed by atoms with E-state index in [1.165, 1.54) is 5.56 Å². The van der Waals surface area contributed by atoms with Crippen molar-refractivity contribution >= 4 is 0 Å². The molecule has 2 aromatic rings. The molecule has 3 unspecified atom stereocenters. The summed E-state index contributed by atoms with van der Waals surface area (Å²) in [5, 5.41) is 19.3. The Morgan fingerprint density at radius 2 is 1.70 bits per heavy atom. The maximum absolute atomic E-state index is 9.84. The third-order valence-electron chi connectivity index (χ3n) is 4.17. The summed E-state index contributed by atoms with van der Waals surface area (Å²) in [5.74, 6) is 1.03. The third-order valence-corrected chi connectivity index (χ3v) is 4.17. The summed E-state index contributed by atoms with van der Waals surface area (Å²) in [4.78, 5) is 0. The Bertz CT molecular complexity index is 608. The smallest absolute Gasteiger partial charge is 0.120 e. The average Bonchev–Trinajstić information content (AvgIpc) is 2.53. The van der Waals surface area contributed by atoms with Crippen molar-refractivity contribution < 1.29 is 14.9 Å². The van der Waals surface area contributed by atoms with Crippen molar-refractivity contribution in [3.05, 3.63) is 65.2 Å². The number of hydrogen-bond donors (Lipinski definition) is 2. The summed E-state index contributed by atoms with van der Waals surface area (Å²) in [7, 11) is 0. The molecular weight excluding hydrogens is 288 g/mol. The molecule has 23 heavy (non-hydrogen) atoms. The normalized spacial score (nSPS) is 15.0. The van der Waals surface area contributed by atoms with Gasteiger partial charge in [-0.3, -0.25) is 0 Å². The minimum Gasteiger partial charge on any atom is -0.489 e. The molecule has 0 radical (unpaired) electrons. The van der Waals surface area contributed by atoms with Gasteiger partial charge in [0.15, 0.2) is 0 Å². The number of aliphatic hydroxyl groups excluding tert-OH is 2. The van der Waals surface area contributed by atoms with Crippen LogP contribution in [0, 0.1) is 6.92 Å². The van der Waals surface area contributed by atoms with E-state index in [4.69, 9.17) is 4.74 Å². The Balaban J connectivity index is 2.00. The quantitative estimate of drug-likeness (QED) is 0.817. The van der Waals surface area contributed by atoms with Crippen molar-refractivity contribution in [1.29, 1.82) is 0 Å². The van der Waals surface area contributed by atoms with E-state index >= 15 is 0 Å². The van der Waals surface area contributed by atoms with Crippen molar-refractivity contribution in [2.45, 2.75) is 51.9 Å². The second-order valence-corrected chi connectivity index (χ2v) is 6.24. The van der Waals surface area contributed by atoms with Gasteiger partial charge in [-0.2, -0.15) is 0 Å². The van der Waals surface area contributed by atoms with Gasteiger partial charge in [0.1, 0.15) is 12.4 Å². The lowest BCUT2D eigenvalue weighted by Crippen LogP contribution is -2.24. The number of benzene rings is 2. The lowest BCUT2D eigenvalue weighted by atomic mass is 9.90. The molecule has 0 amide bonds. The molecule has 3 atom stereocenters. The van der Waals surface area contributed by atoms with Crippen LogP contribution in [0.25, 0.3) is 0 Å². The summed E-state index contributed by atoms with van der Waals surface area (Å²) in [5.41, 5.74) is 3.46. The molecule has 0 aliphatic carbocycles. The molecule has 0 saturated carbocycles. The van der Waals surface area contributed by atoms with Crippen LogP contribution in [0.4, 0.5) is 0 Å². The second-order valence-electron chi connectivity index (χ2n) is 6.24. The topological polar surface area (TPSA) is 49.7 Å². The molecule has 0 saturated heterocycles. The van der Waals surface area contributed by atoms with Crippen molar-refractivity contribution in [2.75, 3.05) is 0 Å². The van der Waals surface area contributed by atoms with Crippen molar-refractivity contribution in [3.8, 4) is 5.75 Å². The molecule has 2 rings (SSSR count). The summed E-state index contributed by atoms with van der Waals surface area (Å²) in [6, 6.07) is 16.1. The van der Waals surface area contributed by atoms with Crippen LogP contribution in [-0.2, 0) is 6.61 Å². The highest BCUT2D eigenvalue weighted by Gasteiger charge is 2.17. The van der Waals surface area contributed by atoms with Gasteiger partial charge in [0.05, 0.1) is 12.2 Å². The van der Waals surface area contributed by atoms with E-state index in [0.29, 0.717) is 13.0 Å². The van der Waals surface area contributed by atoms with Crippen LogP contribution in [-0.4, -0.2) is 22.4 Å². The molecule has 0 heterocycles. The largest absolute Gasteiger partial charge is 0.489 e. The monoisotopic (exact) mass is 314 g/mol. The Hall–Kier alpha value is -1.84. The predicted octanol–water partition coefficient (Wildman–Crippen LogP) is 3.81. The van der Waals surface area contributed by atoms with Crippen molar-refractivity contribution in [2.24, 2.45) is 0 Å². The predicted molar refractivity (Wildman–Crippen MR) is 92.7 cm³/mol. The molecule has 0 spiro atoms. The van der Waals surface area contributed by atoms with Gasteiger partial charge >= 0.3 is 0 Å². The number of rotatable bonds is 7. The van der Waals surface area contributed by atoms with Crippen LogP contribution in [0.2, 0.25) is 0 Å². The Morgan fingerprint density at radius 1 is 1.00 bits per heavy atom. The molecular formula is C20H26O3. The highest BCUT2D eigenvalue weighted by molar-refractivity contribution is 5.37. The fraction of sp³-hybridized carbons (Fsp3) is 0.400. The summed E-state index contributed by atoms with van der Waals surface area (Å²) in [6.45, 7) is 6.29. The van der Waals surface area contributed by atoms with Gasteiger partial charge in [0.2, 0.25) is 0 Å². The van der Waals surface area contributed by atoms with E-state index in [9.17, 15) is 10.2 Å². The van der Waals surface area contributed by atoms with Crippen LogP contribution < -0.4 is 4.74 Å². The van der Waals surface area contributed by atoms with Crippen LogP contribution in [0.15, 0.2) is 48.5 Å². The first-order valence-electron chi connectivity index (χ1n) is 8.10. The van der Waals surface area contributed by atoms with Gasteiger partial charge in [-0.15, -0.1) is 0 Å². The van der Waals surface area contributed by atoms with Gasteiger partial charge in [-0.1, -0.05) is 43.3 Å². The van der Waals surface area contributed by atoms with Crippen LogP contribution in [0.3, 0.4) is 0 Å². The SMILES string of the molecule is Cc1cc(OCc2ccccc2)ccc1C(C)CC(O)C(C)O.